The molecule has 0 bridgehead atoms. The summed E-state index contributed by atoms with van der Waals surface area (Å²) in [7, 11) is 0. The molecule has 19 heavy (non-hydrogen) atoms. The first kappa shape index (κ1) is 14.5. The molecule has 1 fully saturated rings. The van der Waals surface area contributed by atoms with E-state index in [2.05, 4.69) is 24.0 Å². The summed E-state index contributed by atoms with van der Waals surface area (Å²) in [6, 6.07) is -0.125. The molecule has 4 nitrogen and oxygen atoms in total. The molecule has 1 aromatic heterocycles. The maximum Gasteiger partial charge on any atom is 0.243 e. The van der Waals surface area contributed by atoms with Gasteiger partial charge in [0, 0.05) is 5.92 Å². The van der Waals surface area contributed by atoms with Crippen LogP contribution in [-0.2, 0) is 0 Å². The largest absolute Gasteiger partial charge is 0.338 e. The molecule has 0 radical (unpaired) electrons. The molecule has 0 aromatic carbocycles. The maximum absolute atomic E-state index is 6.15. The molecule has 1 heterocycles. The van der Waals surface area contributed by atoms with E-state index in [0.29, 0.717) is 17.7 Å². The molecule has 1 saturated carbocycles. The van der Waals surface area contributed by atoms with E-state index in [0.717, 1.165) is 12.2 Å². The first-order valence-corrected chi connectivity index (χ1v) is 7.81. The third-order valence-corrected chi connectivity index (χ3v) is 4.47. The Bertz CT molecular complexity index is 369. The summed E-state index contributed by atoms with van der Waals surface area (Å²) in [6.07, 6.45) is 10.0. The van der Waals surface area contributed by atoms with Crippen molar-refractivity contribution >= 4 is 0 Å². The number of aromatic nitrogens is 2. The molecule has 0 saturated heterocycles. The highest BCUT2D eigenvalue weighted by molar-refractivity contribution is 4.99. The van der Waals surface area contributed by atoms with Gasteiger partial charge in [0.25, 0.3) is 0 Å². The number of nitrogens with zero attached hydrogens (tertiary/aromatic N) is 2. The average molecular weight is 265 g/mol. The fraction of sp³-hybridized carbons (Fsp3) is 0.867. The molecule has 108 valence electrons. The third kappa shape index (κ3) is 3.78. The van der Waals surface area contributed by atoms with Crippen molar-refractivity contribution in [1.82, 2.24) is 10.1 Å². The van der Waals surface area contributed by atoms with Crippen LogP contribution in [0.15, 0.2) is 4.52 Å². The minimum atomic E-state index is -0.125. The van der Waals surface area contributed by atoms with Crippen LogP contribution in [0.1, 0.15) is 88.9 Å². The van der Waals surface area contributed by atoms with Crippen molar-refractivity contribution in [2.24, 2.45) is 11.7 Å². The monoisotopic (exact) mass is 265 g/mol. The molecule has 1 aliphatic carbocycles. The lowest BCUT2D eigenvalue weighted by Crippen LogP contribution is -2.19. The Morgan fingerprint density at radius 1 is 1.21 bits per heavy atom. The molecular weight excluding hydrogens is 238 g/mol. The van der Waals surface area contributed by atoms with Crippen LogP contribution in [0.3, 0.4) is 0 Å². The Morgan fingerprint density at radius 2 is 1.84 bits per heavy atom. The SMILES string of the molecule is CCC(C)C(N)c1nc(C2CCCCCCC2)no1. The fourth-order valence-electron chi connectivity index (χ4n) is 2.76. The van der Waals surface area contributed by atoms with Gasteiger partial charge >= 0.3 is 0 Å². The molecule has 1 aliphatic rings. The van der Waals surface area contributed by atoms with E-state index in [-0.39, 0.29) is 6.04 Å². The molecule has 0 aliphatic heterocycles. The average Bonchev–Trinajstić information content (AvgIpc) is 2.86. The summed E-state index contributed by atoms with van der Waals surface area (Å²) in [5.41, 5.74) is 6.15. The van der Waals surface area contributed by atoms with Gasteiger partial charge in [0.2, 0.25) is 5.89 Å². The van der Waals surface area contributed by atoms with E-state index in [4.69, 9.17) is 10.3 Å². The lowest BCUT2D eigenvalue weighted by atomic mass is 9.91. The normalized spacial score (nSPS) is 21.6. The zero-order valence-corrected chi connectivity index (χ0v) is 12.3. The summed E-state index contributed by atoms with van der Waals surface area (Å²) in [6.45, 7) is 4.26. The van der Waals surface area contributed by atoms with Crippen molar-refractivity contribution in [3.63, 3.8) is 0 Å². The first-order chi connectivity index (χ1) is 9.22. The summed E-state index contributed by atoms with van der Waals surface area (Å²) < 4.78 is 5.39. The van der Waals surface area contributed by atoms with Gasteiger partial charge < -0.3 is 10.3 Å². The molecule has 2 atom stereocenters. The highest BCUT2D eigenvalue weighted by atomic mass is 16.5. The molecule has 1 aromatic rings. The third-order valence-electron chi connectivity index (χ3n) is 4.47. The first-order valence-electron chi connectivity index (χ1n) is 7.81. The minimum absolute atomic E-state index is 0.125. The zero-order valence-electron chi connectivity index (χ0n) is 12.3. The lowest BCUT2D eigenvalue weighted by Gasteiger charge is -2.16. The van der Waals surface area contributed by atoms with Crippen LogP contribution in [-0.4, -0.2) is 10.1 Å². The highest BCUT2D eigenvalue weighted by Crippen LogP contribution is 2.30. The van der Waals surface area contributed by atoms with Gasteiger partial charge in [-0.1, -0.05) is 57.5 Å². The van der Waals surface area contributed by atoms with Crippen molar-refractivity contribution in [2.75, 3.05) is 0 Å². The van der Waals surface area contributed by atoms with Crippen molar-refractivity contribution in [1.29, 1.82) is 0 Å². The van der Waals surface area contributed by atoms with Gasteiger partial charge in [-0.3, -0.25) is 0 Å². The highest BCUT2D eigenvalue weighted by Gasteiger charge is 2.23. The van der Waals surface area contributed by atoms with Crippen LogP contribution in [0.4, 0.5) is 0 Å². The molecule has 0 amide bonds. The molecule has 2 rings (SSSR count). The van der Waals surface area contributed by atoms with Gasteiger partial charge in [-0.25, -0.2) is 0 Å². The molecule has 2 N–H and O–H groups in total. The predicted octanol–water partition coefficient (Wildman–Crippen LogP) is 3.94. The molecule has 4 heteroatoms. The van der Waals surface area contributed by atoms with E-state index in [1.54, 1.807) is 0 Å². The van der Waals surface area contributed by atoms with E-state index in [1.807, 2.05) is 0 Å². The summed E-state index contributed by atoms with van der Waals surface area (Å²) in [5.74, 6) is 2.36. The summed E-state index contributed by atoms with van der Waals surface area (Å²) in [5, 5.41) is 4.18. The van der Waals surface area contributed by atoms with Gasteiger partial charge in [0.15, 0.2) is 5.82 Å². The quantitative estimate of drug-likeness (QED) is 0.895. The van der Waals surface area contributed by atoms with Crippen molar-refractivity contribution < 1.29 is 4.52 Å². The van der Waals surface area contributed by atoms with E-state index in [1.165, 1.54) is 44.9 Å². The van der Waals surface area contributed by atoms with Gasteiger partial charge in [-0.15, -0.1) is 0 Å². The second-order valence-corrected chi connectivity index (χ2v) is 5.94. The van der Waals surface area contributed by atoms with E-state index < -0.39 is 0 Å². The second kappa shape index (κ2) is 7.04. The standard InChI is InChI=1S/C15H27N3O/c1-3-11(2)13(16)15-17-14(18-19-15)12-9-7-5-4-6-8-10-12/h11-13H,3-10,16H2,1-2H3. The second-order valence-electron chi connectivity index (χ2n) is 5.94. The zero-order chi connectivity index (χ0) is 13.7. The van der Waals surface area contributed by atoms with Crippen LogP contribution in [0.5, 0.6) is 0 Å². The van der Waals surface area contributed by atoms with E-state index in [9.17, 15) is 0 Å². The molecular formula is C15H27N3O. The maximum atomic E-state index is 6.15. The summed E-state index contributed by atoms with van der Waals surface area (Å²) in [4.78, 5) is 4.57. The van der Waals surface area contributed by atoms with E-state index >= 15 is 0 Å². The van der Waals surface area contributed by atoms with Crippen molar-refractivity contribution in [2.45, 2.75) is 77.2 Å². The Labute approximate surface area is 116 Å². The number of hydrogen-bond donors (Lipinski definition) is 1. The lowest BCUT2D eigenvalue weighted by molar-refractivity contribution is 0.308. The van der Waals surface area contributed by atoms with Crippen molar-refractivity contribution in [3.05, 3.63) is 11.7 Å². The molecule has 2 unspecified atom stereocenters. The smallest absolute Gasteiger partial charge is 0.243 e. The molecule has 0 spiro atoms. The minimum Gasteiger partial charge on any atom is -0.338 e. The van der Waals surface area contributed by atoms with Gasteiger partial charge in [0.1, 0.15) is 0 Å². The Balaban J connectivity index is 2.02. The fourth-order valence-corrected chi connectivity index (χ4v) is 2.76. The Kier molecular flexibility index (Phi) is 5.37. The topological polar surface area (TPSA) is 64.9 Å². The van der Waals surface area contributed by atoms with Gasteiger partial charge in [0.05, 0.1) is 6.04 Å². The Morgan fingerprint density at radius 3 is 2.47 bits per heavy atom. The predicted molar refractivity (Wildman–Crippen MR) is 75.7 cm³/mol. The number of nitrogens with two attached hydrogens (primary N) is 1. The van der Waals surface area contributed by atoms with Crippen LogP contribution < -0.4 is 5.73 Å². The van der Waals surface area contributed by atoms with Crippen LogP contribution in [0.2, 0.25) is 0 Å². The number of rotatable bonds is 4. The van der Waals surface area contributed by atoms with Gasteiger partial charge in [-0.05, 0) is 18.8 Å². The van der Waals surface area contributed by atoms with Crippen LogP contribution in [0.25, 0.3) is 0 Å². The van der Waals surface area contributed by atoms with Crippen molar-refractivity contribution in [3.8, 4) is 0 Å². The van der Waals surface area contributed by atoms with Crippen LogP contribution >= 0.6 is 0 Å². The van der Waals surface area contributed by atoms with Gasteiger partial charge in [-0.2, -0.15) is 4.98 Å². The Hall–Kier alpha value is -0.900. The summed E-state index contributed by atoms with van der Waals surface area (Å²) >= 11 is 0. The number of hydrogen-bond acceptors (Lipinski definition) is 4. The van der Waals surface area contributed by atoms with Crippen LogP contribution in [0, 0.1) is 5.92 Å².